The first kappa shape index (κ1) is 15.7. The zero-order chi connectivity index (χ0) is 16.6. The summed E-state index contributed by atoms with van der Waals surface area (Å²) < 4.78 is 4.97. The van der Waals surface area contributed by atoms with Gasteiger partial charge in [0, 0.05) is 31.6 Å². The molecule has 1 aromatic rings. The third kappa shape index (κ3) is 3.19. The molecular formula is C18H25N3O3. The minimum atomic E-state index is -0.0703. The van der Waals surface area contributed by atoms with E-state index in [0.29, 0.717) is 5.76 Å². The van der Waals surface area contributed by atoms with E-state index in [-0.39, 0.29) is 23.1 Å². The molecule has 0 unspecified atom stereocenters. The van der Waals surface area contributed by atoms with Crippen molar-refractivity contribution in [2.24, 2.45) is 17.3 Å². The molecule has 1 saturated heterocycles. The number of aromatic nitrogens is 1. The molecule has 2 aliphatic carbocycles. The van der Waals surface area contributed by atoms with Gasteiger partial charge >= 0.3 is 0 Å². The van der Waals surface area contributed by atoms with Crippen LogP contribution in [0.5, 0.6) is 0 Å². The summed E-state index contributed by atoms with van der Waals surface area (Å²) in [6, 6.07) is 1.61. The maximum atomic E-state index is 12.3. The Bertz CT molecular complexity index is 601. The van der Waals surface area contributed by atoms with Gasteiger partial charge in [-0.2, -0.15) is 0 Å². The molecule has 6 nitrogen and oxygen atoms in total. The molecule has 0 bridgehead atoms. The highest BCUT2D eigenvalue weighted by Crippen LogP contribution is 2.49. The Kier molecular flexibility index (Phi) is 4.06. The fraction of sp³-hybridized carbons (Fsp3) is 0.722. The van der Waals surface area contributed by atoms with Crippen LogP contribution in [-0.4, -0.2) is 41.5 Å². The Hall–Kier alpha value is -1.85. The number of carbonyl (C=O) groups excluding carboxylic acids is 2. The summed E-state index contributed by atoms with van der Waals surface area (Å²) in [7, 11) is 0. The van der Waals surface area contributed by atoms with Crippen molar-refractivity contribution in [3.05, 3.63) is 18.0 Å². The molecule has 4 rings (SSSR count). The summed E-state index contributed by atoms with van der Waals surface area (Å²) in [4.78, 5) is 26.5. The fourth-order valence-corrected chi connectivity index (χ4v) is 4.26. The van der Waals surface area contributed by atoms with Crippen LogP contribution in [0, 0.1) is 17.3 Å². The quantitative estimate of drug-likeness (QED) is 0.918. The molecule has 0 aromatic carbocycles. The molecule has 24 heavy (non-hydrogen) atoms. The lowest BCUT2D eigenvalue weighted by molar-refractivity contribution is -0.125. The topological polar surface area (TPSA) is 75.4 Å². The van der Waals surface area contributed by atoms with Gasteiger partial charge in [0.2, 0.25) is 11.7 Å². The van der Waals surface area contributed by atoms with Crippen molar-refractivity contribution in [2.75, 3.05) is 19.6 Å². The van der Waals surface area contributed by atoms with Crippen LogP contribution in [0.1, 0.15) is 55.5 Å². The lowest BCUT2D eigenvalue weighted by Gasteiger charge is -2.39. The molecule has 1 N–H and O–H groups in total. The Balaban J connectivity index is 1.29. The highest BCUT2D eigenvalue weighted by molar-refractivity contribution is 5.91. The molecule has 6 heteroatoms. The Morgan fingerprint density at radius 1 is 1.25 bits per heavy atom. The Morgan fingerprint density at radius 3 is 2.71 bits per heavy atom. The van der Waals surface area contributed by atoms with E-state index in [0.717, 1.165) is 57.7 Å². The molecule has 1 atom stereocenters. The van der Waals surface area contributed by atoms with Crippen molar-refractivity contribution < 1.29 is 14.1 Å². The lowest BCUT2D eigenvalue weighted by Crippen LogP contribution is -2.42. The number of piperidine rings is 1. The first-order valence-electron chi connectivity index (χ1n) is 9.13. The van der Waals surface area contributed by atoms with Gasteiger partial charge in [-0.15, -0.1) is 0 Å². The summed E-state index contributed by atoms with van der Waals surface area (Å²) in [5.74, 6) is 1.39. The van der Waals surface area contributed by atoms with Gasteiger partial charge in [0.05, 0.1) is 6.20 Å². The number of nitrogens with zero attached hydrogens (tertiary/aromatic N) is 2. The first-order valence-corrected chi connectivity index (χ1v) is 9.13. The van der Waals surface area contributed by atoms with Gasteiger partial charge in [-0.25, -0.2) is 0 Å². The zero-order valence-electron chi connectivity index (χ0n) is 14.0. The molecule has 130 valence electrons. The number of rotatable bonds is 4. The van der Waals surface area contributed by atoms with Crippen molar-refractivity contribution in [1.29, 1.82) is 0 Å². The first-order chi connectivity index (χ1) is 11.7. The van der Waals surface area contributed by atoms with Crippen molar-refractivity contribution >= 4 is 11.8 Å². The maximum absolute atomic E-state index is 12.3. The second-order valence-corrected chi connectivity index (χ2v) is 7.80. The van der Waals surface area contributed by atoms with Gasteiger partial charge < -0.3 is 14.7 Å². The number of likely N-dealkylation sites (tertiary alicyclic amines) is 1. The van der Waals surface area contributed by atoms with Crippen LogP contribution < -0.4 is 5.32 Å². The van der Waals surface area contributed by atoms with Crippen molar-refractivity contribution in [1.82, 2.24) is 15.4 Å². The van der Waals surface area contributed by atoms with E-state index in [2.05, 4.69) is 10.5 Å². The van der Waals surface area contributed by atoms with E-state index in [1.54, 1.807) is 6.07 Å². The third-order valence-corrected chi connectivity index (χ3v) is 6.10. The largest absolute Gasteiger partial charge is 0.356 e. The average molecular weight is 331 g/mol. The molecule has 2 amide bonds. The Labute approximate surface area is 141 Å². The molecule has 3 fully saturated rings. The Morgan fingerprint density at radius 2 is 2.04 bits per heavy atom. The van der Waals surface area contributed by atoms with Gasteiger partial charge in [-0.1, -0.05) is 5.16 Å². The second-order valence-electron chi connectivity index (χ2n) is 7.80. The minimum Gasteiger partial charge on any atom is -0.356 e. The molecule has 2 saturated carbocycles. The molecule has 1 aliphatic heterocycles. The summed E-state index contributed by atoms with van der Waals surface area (Å²) in [6.45, 7) is 2.35. The van der Waals surface area contributed by atoms with Crippen molar-refractivity contribution in [3.63, 3.8) is 0 Å². The molecule has 1 spiro atoms. The maximum Gasteiger partial charge on any atom is 0.292 e. The molecular weight excluding hydrogens is 306 g/mol. The number of hydrogen-bond acceptors (Lipinski definition) is 4. The lowest BCUT2D eigenvalue weighted by atomic mass is 9.76. The number of hydrogen-bond donors (Lipinski definition) is 1. The van der Waals surface area contributed by atoms with Crippen LogP contribution in [0.2, 0.25) is 0 Å². The summed E-state index contributed by atoms with van der Waals surface area (Å²) >= 11 is 0. The highest BCUT2D eigenvalue weighted by Gasteiger charge is 2.44. The van der Waals surface area contributed by atoms with Gasteiger partial charge in [-0.3, -0.25) is 9.59 Å². The van der Waals surface area contributed by atoms with E-state index in [9.17, 15) is 9.59 Å². The normalized spacial score (nSPS) is 25.8. The van der Waals surface area contributed by atoms with Gasteiger partial charge in [0.25, 0.3) is 5.91 Å². The van der Waals surface area contributed by atoms with Crippen molar-refractivity contribution in [3.8, 4) is 0 Å². The fourth-order valence-electron chi connectivity index (χ4n) is 4.26. The molecule has 1 aromatic heterocycles. The third-order valence-electron chi connectivity index (χ3n) is 6.10. The highest BCUT2D eigenvalue weighted by atomic mass is 16.5. The molecule has 0 radical (unpaired) electrons. The zero-order valence-corrected chi connectivity index (χ0v) is 14.0. The number of carbonyl (C=O) groups is 2. The van der Waals surface area contributed by atoms with Crippen LogP contribution in [-0.2, 0) is 4.79 Å². The van der Waals surface area contributed by atoms with Gasteiger partial charge in [0.15, 0.2) is 0 Å². The van der Waals surface area contributed by atoms with Gasteiger partial charge in [0.1, 0.15) is 0 Å². The van der Waals surface area contributed by atoms with Crippen LogP contribution in [0.4, 0.5) is 0 Å². The predicted molar refractivity (Wildman–Crippen MR) is 87.1 cm³/mol. The predicted octanol–water partition coefficient (Wildman–Crippen LogP) is 2.22. The number of nitrogens with one attached hydrogen (secondary N) is 1. The van der Waals surface area contributed by atoms with Crippen LogP contribution in [0.15, 0.2) is 16.8 Å². The van der Waals surface area contributed by atoms with E-state index >= 15 is 0 Å². The number of amides is 2. The summed E-state index contributed by atoms with van der Waals surface area (Å²) in [5, 5.41) is 6.74. The van der Waals surface area contributed by atoms with Crippen LogP contribution in [0.25, 0.3) is 0 Å². The van der Waals surface area contributed by atoms with Crippen LogP contribution in [0.3, 0.4) is 0 Å². The average Bonchev–Trinajstić information content (AvgIpc) is 3.09. The van der Waals surface area contributed by atoms with E-state index in [1.807, 2.05) is 4.90 Å². The molecule has 2 heterocycles. The van der Waals surface area contributed by atoms with Gasteiger partial charge in [-0.05, 0) is 56.3 Å². The smallest absolute Gasteiger partial charge is 0.292 e. The second kappa shape index (κ2) is 6.22. The summed E-state index contributed by atoms with van der Waals surface area (Å²) in [6.07, 6.45) is 9.09. The minimum absolute atomic E-state index is 0.0703. The van der Waals surface area contributed by atoms with Crippen molar-refractivity contribution in [2.45, 2.75) is 44.9 Å². The standard InChI is InChI=1S/C18H25N3O3/c22-16(19-12-13-1-2-13)14-3-5-18(11-14)6-9-21(10-7-18)17(23)15-4-8-20-24-15/h4,8,13-14H,1-3,5-7,9-12H2,(H,19,22)/t14-/m0/s1. The monoisotopic (exact) mass is 331 g/mol. The van der Waals surface area contributed by atoms with E-state index in [1.165, 1.54) is 19.0 Å². The SMILES string of the molecule is O=C(NCC1CC1)[C@H]1CCC2(CCN(C(=O)c3ccno3)CC2)C1. The van der Waals surface area contributed by atoms with E-state index in [4.69, 9.17) is 4.52 Å². The summed E-state index contributed by atoms with van der Waals surface area (Å²) in [5.41, 5.74) is 0.250. The van der Waals surface area contributed by atoms with E-state index < -0.39 is 0 Å². The molecule has 3 aliphatic rings. The van der Waals surface area contributed by atoms with Crippen LogP contribution >= 0.6 is 0 Å².